The van der Waals surface area contributed by atoms with E-state index in [0.717, 1.165) is 32.5 Å². The average molecular weight is 340 g/mol. The molecule has 0 radical (unpaired) electrons. The Morgan fingerprint density at radius 2 is 1.90 bits per heavy atom. The Morgan fingerprint density at radius 1 is 1.24 bits per heavy atom. The number of rotatable bonds is 5. The number of nitrogens with zero attached hydrogens (tertiary/aromatic N) is 2. The summed E-state index contributed by atoms with van der Waals surface area (Å²) in [6.45, 7) is 5.60. The quantitative estimate of drug-likeness (QED) is 0.789. The van der Waals surface area contributed by atoms with Crippen molar-refractivity contribution in [1.82, 2.24) is 14.5 Å². The molecule has 124 valence electrons. The van der Waals surface area contributed by atoms with E-state index in [2.05, 4.69) is 12.2 Å². The molecule has 1 amide bonds. The Morgan fingerprint density at radius 3 is 2.52 bits per heavy atom. The number of halogens is 1. The Bertz CT molecular complexity index is 438. The predicted molar refractivity (Wildman–Crippen MR) is 85.1 cm³/mol. The first-order valence-corrected chi connectivity index (χ1v) is 9.09. The number of sulfonamides is 1. The topological polar surface area (TPSA) is 69.7 Å². The van der Waals surface area contributed by atoms with E-state index in [1.807, 2.05) is 4.90 Å². The van der Waals surface area contributed by atoms with Gasteiger partial charge < -0.3 is 10.2 Å². The fraction of sp³-hybridized carbons (Fsp3) is 0.923. The molecular weight excluding hydrogens is 314 g/mol. The molecule has 0 aromatic rings. The van der Waals surface area contributed by atoms with Crippen molar-refractivity contribution in [2.75, 3.05) is 38.5 Å². The molecule has 1 N–H and O–H groups in total. The van der Waals surface area contributed by atoms with Gasteiger partial charge in [0.05, 0.1) is 5.75 Å². The molecular formula is C13H26ClN3O3S. The Hall–Kier alpha value is -0.370. The predicted octanol–water partition coefficient (Wildman–Crippen LogP) is 0.434. The third-order valence-electron chi connectivity index (χ3n) is 3.97. The van der Waals surface area contributed by atoms with Gasteiger partial charge in [-0.25, -0.2) is 12.7 Å². The summed E-state index contributed by atoms with van der Waals surface area (Å²) in [4.78, 5) is 13.9. The van der Waals surface area contributed by atoms with E-state index in [1.165, 1.54) is 0 Å². The summed E-state index contributed by atoms with van der Waals surface area (Å²) >= 11 is 0. The van der Waals surface area contributed by atoms with Gasteiger partial charge in [-0.2, -0.15) is 0 Å². The van der Waals surface area contributed by atoms with Crippen molar-refractivity contribution in [3.63, 3.8) is 0 Å². The van der Waals surface area contributed by atoms with Gasteiger partial charge in [0.15, 0.2) is 0 Å². The molecule has 6 nitrogen and oxygen atoms in total. The van der Waals surface area contributed by atoms with Crippen LogP contribution in [0.5, 0.6) is 0 Å². The molecule has 2 saturated heterocycles. The summed E-state index contributed by atoms with van der Waals surface area (Å²) in [7, 11) is -3.15. The Balaban J connectivity index is 0.00000220. The van der Waals surface area contributed by atoms with Crippen LogP contribution in [0.15, 0.2) is 0 Å². The van der Waals surface area contributed by atoms with E-state index in [9.17, 15) is 13.2 Å². The molecule has 2 rings (SSSR count). The largest absolute Gasteiger partial charge is 0.340 e. The van der Waals surface area contributed by atoms with E-state index < -0.39 is 10.0 Å². The molecule has 2 aliphatic heterocycles. The van der Waals surface area contributed by atoms with Crippen molar-refractivity contribution in [3.8, 4) is 0 Å². The van der Waals surface area contributed by atoms with Crippen LogP contribution in [0.3, 0.4) is 0 Å². The van der Waals surface area contributed by atoms with Crippen molar-refractivity contribution in [1.29, 1.82) is 0 Å². The van der Waals surface area contributed by atoms with Gasteiger partial charge >= 0.3 is 0 Å². The normalized spacial score (nSPS) is 23.9. The van der Waals surface area contributed by atoms with Gasteiger partial charge in [0, 0.05) is 45.2 Å². The Kier molecular flexibility index (Phi) is 7.39. The third kappa shape index (κ3) is 5.39. The van der Waals surface area contributed by atoms with Crippen LogP contribution in [-0.4, -0.2) is 68.0 Å². The van der Waals surface area contributed by atoms with Gasteiger partial charge in [0.1, 0.15) is 0 Å². The summed E-state index contributed by atoms with van der Waals surface area (Å²) in [5.41, 5.74) is 0. The molecule has 0 aromatic heterocycles. The third-order valence-corrected chi connectivity index (χ3v) is 5.93. The second-order valence-corrected chi connectivity index (χ2v) is 7.81. The molecule has 2 fully saturated rings. The monoisotopic (exact) mass is 339 g/mol. The van der Waals surface area contributed by atoms with E-state index in [-0.39, 0.29) is 24.1 Å². The summed E-state index contributed by atoms with van der Waals surface area (Å²) < 4.78 is 25.6. The van der Waals surface area contributed by atoms with Crippen LogP contribution < -0.4 is 5.32 Å². The molecule has 0 spiro atoms. The van der Waals surface area contributed by atoms with E-state index in [0.29, 0.717) is 32.0 Å². The first kappa shape index (κ1) is 18.7. The maximum atomic E-state index is 12.0. The molecule has 2 heterocycles. The van der Waals surface area contributed by atoms with Crippen molar-refractivity contribution in [2.24, 2.45) is 0 Å². The minimum atomic E-state index is -3.15. The minimum Gasteiger partial charge on any atom is -0.340 e. The molecule has 2 aliphatic rings. The molecule has 0 bridgehead atoms. The second kappa shape index (κ2) is 8.31. The van der Waals surface area contributed by atoms with Gasteiger partial charge in [0.25, 0.3) is 0 Å². The first-order valence-electron chi connectivity index (χ1n) is 7.48. The Labute approximate surface area is 133 Å². The highest BCUT2D eigenvalue weighted by Crippen LogP contribution is 2.14. The molecule has 0 aliphatic carbocycles. The minimum absolute atomic E-state index is 0. The second-order valence-electron chi connectivity index (χ2n) is 5.72. The molecule has 0 saturated carbocycles. The van der Waals surface area contributed by atoms with E-state index in [1.54, 1.807) is 4.31 Å². The summed E-state index contributed by atoms with van der Waals surface area (Å²) in [6, 6.07) is 0.320. The number of hydrogen-bond donors (Lipinski definition) is 1. The van der Waals surface area contributed by atoms with Gasteiger partial charge in [-0.1, -0.05) is 0 Å². The first-order chi connectivity index (χ1) is 9.49. The molecule has 21 heavy (non-hydrogen) atoms. The fourth-order valence-electron chi connectivity index (χ4n) is 2.82. The number of amides is 1. The number of carbonyl (C=O) groups is 1. The van der Waals surface area contributed by atoms with Crippen LogP contribution in [-0.2, 0) is 14.8 Å². The summed E-state index contributed by atoms with van der Waals surface area (Å²) in [6.07, 6.45) is 2.67. The summed E-state index contributed by atoms with van der Waals surface area (Å²) in [5.74, 6) is 0.176. The lowest BCUT2D eigenvalue weighted by atomic mass is 10.2. The SMILES string of the molecule is CC1CN(C(=O)CCCS(=O)(=O)N2CCCC2)CCN1.Cl. The van der Waals surface area contributed by atoms with Crippen molar-refractivity contribution in [3.05, 3.63) is 0 Å². The highest BCUT2D eigenvalue weighted by atomic mass is 35.5. The molecule has 1 unspecified atom stereocenters. The van der Waals surface area contributed by atoms with Crippen LogP contribution in [0, 0.1) is 0 Å². The highest BCUT2D eigenvalue weighted by Gasteiger charge is 2.26. The maximum Gasteiger partial charge on any atom is 0.222 e. The van der Waals surface area contributed by atoms with Crippen molar-refractivity contribution in [2.45, 2.75) is 38.6 Å². The van der Waals surface area contributed by atoms with Crippen LogP contribution in [0.2, 0.25) is 0 Å². The fourth-order valence-corrected chi connectivity index (χ4v) is 4.40. The van der Waals surface area contributed by atoms with Crippen molar-refractivity contribution >= 4 is 28.3 Å². The molecule has 0 aromatic carbocycles. The number of hydrogen-bond acceptors (Lipinski definition) is 4. The van der Waals surface area contributed by atoms with Gasteiger partial charge in [-0.05, 0) is 26.2 Å². The zero-order valence-corrected chi connectivity index (χ0v) is 14.2. The average Bonchev–Trinajstić information content (AvgIpc) is 2.93. The lowest BCUT2D eigenvalue weighted by molar-refractivity contribution is -0.132. The van der Waals surface area contributed by atoms with Gasteiger partial charge in [-0.15, -0.1) is 12.4 Å². The van der Waals surface area contributed by atoms with Crippen molar-refractivity contribution < 1.29 is 13.2 Å². The zero-order valence-electron chi connectivity index (χ0n) is 12.6. The number of piperazine rings is 1. The highest BCUT2D eigenvalue weighted by molar-refractivity contribution is 7.89. The van der Waals surface area contributed by atoms with Crippen LogP contribution in [0.4, 0.5) is 0 Å². The summed E-state index contributed by atoms with van der Waals surface area (Å²) in [5, 5.41) is 3.29. The van der Waals surface area contributed by atoms with Crippen LogP contribution in [0.25, 0.3) is 0 Å². The maximum absolute atomic E-state index is 12.0. The van der Waals surface area contributed by atoms with Crippen LogP contribution in [0.1, 0.15) is 32.6 Å². The zero-order chi connectivity index (χ0) is 14.6. The van der Waals surface area contributed by atoms with E-state index >= 15 is 0 Å². The lowest BCUT2D eigenvalue weighted by Gasteiger charge is -2.32. The lowest BCUT2D eigenvalue weighted by Crippen LogP contribution is -2.51. The van der Waals surface area contributed by atoms with Crippen LogP contribution >= 0.6 is 12.4 Å². The van der Waals surface area contributed by atoms with E-state index in [4.69, 9.17) is 0 Å². The molecule has 1 atom stereocenters. The van der Waals surface area contributed by atoms with Gasteiger partial charge in [-0.3, -0.25) is 4.79 Å². The molecule has 8 heteroatoms. The number of nitrogens with one attached hydrogen (secondary N) is 1. The number of carbonyl (C=O) groups excluding carboxylic acids is 1. The van der Waals surface area contributed by atoms with Gasteiger partial charge in [0.2, 0.25) is 15.9 Å². The standard InChI is InChI=1S/C13H25N3O3S.ClH/c1-12-11-15(9-6-14-12)13(17)5-4-10-20(18,19)16-7-2-3-8-16;/h12,14H,2-11H2,1H3;1H. The smallest absolute Gasteiger partial charge is 0.222 e.